The molecule has 11 atom stereocenters. The van der Waals surface area contributed by atoms with Crippen molar-refractivity contribution in [3.63, 3.8) is 0 Å². The minimum absolute atomic E-state index is 0.0377. The number of aliphatic hydroxyl groups excluding tert-OH is 2. The van der Waals surface area contributed by atoms with E-state index < -0.39 is 71.6 Å². The van der Waals surface area contributed by atoms with Crippen LogP contribution in [0, 0.1) is 23.2 Å². The summed E-state index contributed by atoms with van der Waals surface area (Å²) < 4.78 is 25.5. The molecule has 2 bridgehead atoms. The summed E-state index contributed by atoms with van der Waals surface area (Å²) in [5, 5.41) is 26.7. The Morgan fingerprint density at radius 3 is 2.44 bits per heavy atom. The summed E-state index contributed by atoms with van der Waals surface area (Å²) in [5.41, 5.74) is 0.470. The summed E-state index contributed by atoms with van der Waals surface area (Å²) >= 11 is 0. The maximum Gasteiger partial charge on any atom is 0.327 e. The van der Waals surface area contributed by atoms with Crippen molar-refractivity contribution in [2.75, 3.05) is 13.2 Å². The molecule has 0 radical (unpaired) electrons. The number of nitrogens with zero attached hydrogens (tertiary/aromatic N) is 1. The van der Waals surface area contributed by atoms with Crippen molar-refractivity contribution in [2.24, 2.45) is 23.2 Å². The van der Waals surface area contributed by atoms with Crippen LogP contribution in [0.5, 0.6) is 0 Å². The van der Waals surface area contributed by atoms with E-state index >= 15 is 0 Å². The topological polar surface area (TPSA) is 168 Å². The number of fused-ring (bicyclic) bond motifs is 5. The normalized spacial score (nSPS) is 39.3. The number of amides is 2. The largest absolute Gasteiger partial charge is 0.458 e. The quantitative estimate of drug-likeness (QED) is 0.184. The highest BCUT2D eigenvalue weighted by atomic mass is 16.8. The summed E-state index contributed by atoms with van der Waals surface area (Å²) in [5.74, 6) is -1.61. The average molecular weight is 694 g/mol. The number of esters is 1. The van der Waals surface area contributed by atoms with Gasteiger partial charge < -0.3 is 39.8 Å². The molecule has 13 heteroatoms. The fraction of sp³-hybridized carbons (Fsp3) is 0.703. The minimum Gasteiger partial charge on any atom is -0.458 e. The zero-order valence-corrected chi connectivity index (χ0v) is 28.3. The zero-order chi connectivity index (χ0) is 34.4. The van der Waals surface area contributed by atoms with Crippen molar-refractivity contribution in [1.29, 1.82) is 0 Å². The van der Waals surface area contributed by atoms with Crippen molar-refractivity contribution in [3.8, 4) is 0 Å². The molecule has 9 rings (SSSR count). The highest BCUT2D eigenvalue weighted by molar-refractivity contribution is 5.96. The second-order valence-corrected chi connectivity index (χ2v) is 15.8. The van der Waals surface area contributed by atoms with Gasteiger partial charge in [-0.2, -0.15) is 5.06 Å². The number of rotatable bonds is 12. The van der Waals surface area contributed by atoms with Crippen LogP contribution < -0.4 is 10.6 Å². The smallest absolute Gasteiger partial charge is 0.327 e. The summed E-state index contributed by atoms with van der Waals surface area (Å²) in [6.07, 6.45) is 8.57. The third-order valence-electron chi connectivity index (χ3n) is 12.3. The van der Waals surface area contributed by atoms with Gasteiger partial charge in [0.25, 0.3) is 0 Å². The minimum atomic E-state index is -1.48. The lowest BCUT2D eigenvalue weighted by Gasteiger charge is -2.49. The van der Waals surface area contributed by atoms with Gasteiger partial charge in [0.05, 0.1) is 31.5 Å². The van der Waals surface area contributed by atoms with E-state index in [1.807, 2.05) is 24.3 Å². The highest BCUT2D eigenvalue weighted by Crippen LogP contribution is 2.63. The molecule has 50 heavy (non-hydrogen) atoms. The summed E-state index contributed by atoms with van der Waals surface area (Å²) in [4.78, 5) is 48.4. The molecule has 4 aliphatic carbocycles. The van der Waals surface area contributed by atoms with Gasteiger partial charge in [0, 0.05) is 24.8 Å². The second kappa shape index (κ2) is 12.4. The lowest BCUT2D eigenvalue weighted by molar-refractivity contribution is -0.235. The first kappa shape index (κ1) is 33.0. The van der Waals surface area contributed by atoms with Crippen LogP contribution in [0.2, 0.25) is 0 Å². The van der Waals surface area contributed by atoms with Gasteiger partial charge in [-0.15, -0.1) is 0 Å². The van der Waals surface area contributed by atoms with E-state index in [4.69, 9.17) is 23.8 Å². The molecule has 13 nitrogen and oxygen atoms in total. The fourth-order valence-electron chi connectivity index (χ4n) is 9.41. The predicted octanol–water partition coefficient (Wildman–Crippen LogP) is 1.34. The first-order chi connectivity index (χ1) is 24.2. The van der Waals surface area contributed by atoms with Crippen LogP contribution in [-0.2, 0) is 44.7 Å². The van der Waals surface area contributed by atoms with E-state index in [-0.39, 0.29) is 38.0 Å². The number of ether oxygens (including phenoxy) is 4. The second-order valence-electron chi connectivity index (χ2n) is 15.8. The van der Waals surface area contributed by atoms with Crippen LogP contribution in [0.3, 0.4) is 0 Å². The molecular formula is C37H47N3O10. The van der Waals surface area contributed by atoms with Gasteiger partial charge in [-0.05, 0) is 68.9 Å². The molecular weight excluding hydrogens is 646 g/mol. The van der Waals surface area contributed by atoms with Gasteiger partial charge in [-0.25, -0.2) is 0 Å². The van der Waals surface area contributed by atoms with Crippen molar-refractivity contribution in [3.05, 3.63) is 41.5 Å². The first-order valence-corrected chi connectivity index (χ1v) is 18.5. The number of epoxide rings is 1. The van der Waals surface area contributed by atoms with E-state index in [2.05, 4.69) is 22.8 Å². The summed E-state index contributed by atoms with van der Waals surface area (Å²) in [7, 11) is 0. The lowest BCUT2D eigenvalue weighted by Crippen LogP contribution is -2.71. The van der Waals surface area contributed by atoms with Gasteiger partial charge in [0.15, 0.2) is 11.8 Å². The molecule has 1 aromatic carbocycles. The highest BCUT2D eigenvalue weighted by Gasteiger charge is 2.78. The number of hydrogen-bond donors (Lipinski definition) is 4. The van der Waals surface area contributed by atoms with Gasteiger partial charge in [0.2, 0.25) is 11.8 Å². The van der Waals surface area contributed by atoms with Crippen LogP contribution >= 0.6 is 0 Å². The number of allylic oxidation sites excluding steroid dienone is 1. The number of hydroxylamine groups is 2. The maximum absolute atomic E-state index is 14.7. The molecule has 4 saturated heterocycles. The van der Waals surface area contributed by atoms with E-state index in [1.54, 1.807) is 5.06 Å². The zero-order valence-electron chi connectivity index (χ0n) is 28.3. The van der Waals surface area contributed by atoms with Crippen LogP contribution in [0.25, 0.3) is 6.08 Å². The molecule has 0 aromatic heterocycles. The van der Waals surface area contributed by atoms with Gasteiger partial charge >= 0.3 is 5.97 Å². The molecule has 4 aliphatic heterocycles. The number of nitrogens with one attached hydrogen (secondary N) is 2. The number of carbonyl (C=O) groups excluding carboxylic acids is 3. The Morgan fingerprint density at radius 2 is 1.76 bits per heavy atom. The average Bonchev–Trinajstić information content (AvgIpc) is 4.00. The molecule has 1 aromatic rings. The Balaban J connectivity index is 1.00. The van der Waals surface area contributed by atoms with Gasteiger partial charge in [0.1, 0.15) is 35.9 Å². The molecule has 4 saturated carbocycles. The molecule has 8 aliphatic rings. The lowest BCUT2D eigenvalue weighted by atomic mass is 9.62. The van der Waals surface area contributed by atoms with Gasteiger partial charge in [-0.1, -0.05) is 36.4 Å². The molecule has 2 amide bonds. The van der Waals surface area contributed by atoms with Crippen molar-refractivity contribution >= 4 is 23.9 Å². The number of aliphatic hydroxyl groups is 2. The third-order valence-corrected chi connectivity index (χ3v) is 12.3. The molecule has 11 unspecified atom stereocenters. The summed E-state index contributed by atoms with van der Waals surface area (Å²) in [6, 6.07) is 5.61. The Morgan fingerprint density at radius 1 is 1.02 bits per heavy atom. The fourth-order valence-corrected chi connectivity index (χ4v) is 9.41. The van der Waals surface area contributed by atoms with Crippen LogP contribution in [0.4, 0.5) is 0 Å². The Hall–Kier alpha value is -2.91. The Bertz CT molecular complexity index is 1530. The van der Waals surface area contributed by atoms with Crippen molar-refractivity contribution < 1.29 is 48.4 Å². The molecule has 270 valence electrons. The number of hydrogen-bond acceptors (Lipinski definition) is 11. The SMILES string of the molecule is CC(O)C(NC(=O)C12CC3OC(=O)C1N(Cc1ccc(C=CC4CCC5OC5C4)cc1)OC2C1OC(C2CC2)(C2CC2)OC31)C(=O)NCCO. The van der Waals surface area contributed by atoms with E-state index in [1.165, 1.54) is 6.92 Å². The standard InChI is InChI=1S/C37H47N3O10/c1-19(42)28(33(43)38-14-15-41)39-35(45)36-17-27-29-30(49-37(48-29,23-9-10-23)24-11-12-24)32(36)50-40(31(36)34(44)47-27)18-22-6-3-20(4-7-22)2-5-21-8-13-25-26(16-21)46-25/h2-7,19,21,23-32,41-42H,8-18H2,1H3,(H,38,43)(H,39,45). The van der Waals surface area contributed by atoms with Crippen LogP contribution in [0.15, 0.2) is 30.3 Å². The maximum atomic E-state index is 14.7. The van der Waals surface area contributed by atoms with Gasteiger partial charge in [-0.3, -0.25) is 19.2 Å². The Kier molecular flexibility index (Phi) is 8.14. The number of benzene rings is 1. The molecule has 4 N–H and O–H groups in total. The van der Waals surface area contributed by atoms with Crippen molar-refractivity contribution in [1.82, 2.24) is 15.7 Å². The number of carbonyl (C=O) groups is 3. The molecule has 8 fully saturated rings. The predicted molar refractivity (Wildman–Crippen MR) is 174 cm³/mol. The molecule has 4 heterocycles. The van der Waals surface area contributed by atoms with Crippen LogP contribution in [-0.4, -0.2) is 107 Å². The van der Waals surface area contributed by atoms with E-state index in [9.17, 15) is 24.6 Å². The monoisotopic (exact) mass is 693 g/mol. The first-order valence-electron chi connectivity index (χ1n) is 18.5. The Labute approximate surface area is 290 Å². The van der Waals surface area contributed by atoms with E-state index in [0.29, 0.717) is 18.1 Å². The summed E-state index contributed by atoms with van der Waals surface area (Å²) in [6.45, 7) is 1.28. The third kappa shape index (κ3) is 5.51. The molecule has 0 spiro atoms. The van der Waals surface area contributed by atoms with Crippen molar-refractivity contribution in [2.45, 2.75) is 125 Å². The van der Waals surface area contributed by atoms with Crippen LogP contribution in [0.1, 0.15) is 69.4 Å². The van der Waals surface area contributed by atoms with E-state index in [0.717, 1.165) is 56.1 Å².